The molecule has 1 aromatic heterocycles. The zero-order chi connectivity index (χ0) is 14.3. The molecular weight excluding hydrogens is 242 g/mol. The third-order valence-corrected chi connectivity index (χ3v) is 2.80. The number of carbonyl (C=O) groups excluding carboxylic acids is 1. The van der Waals surface area contributed by atoms with Gasteiger partial charge in [0, 0.05) is 26.3 Å². The lowest BCUT2D eigenvalue weighted by molar-refractivity contribution is 0.0768. The molecule has 0 radical (unpaired) electrons. The average molecular weight is 265 g/mol. The first-order valence-corrected chi connectivity index (χ1v) is 6.68. The highest BCUT2D eigenvalue weighted by Gasteiger charge is 2.12. The second kappa shape index (κ2) is 7.74. The Bertz CT molecular complexity index is 390. The van der Waals surface area contributed by atoms with Gasteiger partial charge in [0.25, 0.3) is 5.91 Å². The first-order valence-electron chi connectivity index (χ1n) is 6.68. The summed E-state index contributed by atoms with van der Waals surface area (Å²) in [5, 5.41) is 12.4. The lowest BCUT2D eigenvalue weighted by Gasteiger charge is -2.18. The van der Waals surface area contributed by atoms with Crippen LogP contribution in [0.2, 0.25) is 0 Å². The molecule has 1 heterocycles. The molecule has 1 amide bonds. The van der Waals surface area contributed by atoms with Crippen LogP contribution in [0, 0.1) is 0 Å². The van der Waals surface area contributed by atoms with Crippen molar-refractivity contribution in [2.75, 3.05) is 25.5 Å². The summed E-state index contributed by atoms with van der Waals surface area (Å²) in [5.74, 6) is 0.709. The van der Waals surface area contributed by atoms with Gasteiger partial charge in [-0.1, -0.05) is 6.92 Å². The normalized spacial score (nSPS) is 12.0. The Hall–Kier alpha value is -1.62. The molecule has 0 aliphatic heterocycles. The van der Waals surface area contributed by atoms with Crippen LogP contribution in [0.3, 0.4) is 0 Å². The molecule has 0 saturated carbocycles. The van der Waals surface area contributed by atoms with E-state index in [0.29, 0.717) is 18.5 Å². The van der Waals surface area contributed by atoms with E-state index in [9.17, 15) is 9.90 Å². The summed E-state index contributed by atoms with van der Waals surface area (Å²) in [6.45, 7) is 5.21. The molecule has 1 rings (SSSR count). The summed E-state index contributed by atoms with van der Waals surface area (Å²) in [6.07, 6.45) is 2.80. The number of aromatic nitrogens is 1. The molecule has 5 heteroatoms. The number of aliphatic hydroxyl groups is 1. The predicted octanol–water partition coefficient (Wildman–Crippen LogP) is 1.75. The van der Waals surface area contributed by atoms with Crippen molar-refractivity contribution in [2.45, 2.75) is 32.8 Å². The summed E-state index contributed by atoms with van der Waals surface area (Å²) >= 11 is 0. The van der Waals surface area contributed by atoms with Crippen LogP contribution in [0.5, 0.6) is 0 Å². The molecule has 5 nitrogen and oxygen atoms in total. The smallest absolute Gasteiger partial charge is 0.255 e. The SMILES string of the molecule is CCCNc1ccc(C(=O)N(C)CCC(C)O)cn1. The molecule has 1 atom stereocenters. The summed E-state index contributed by atoms with van der Waals surface area (Å²) in [7, 11) is 1.73. The van der Waals surface area contributed by atoms with Gasteiger partial charge < -0.3 is 15.3 Å². The van der Waals surface area contributed by atoms with Crippen molar-refractivity contribution in [3.8, 4) is 0 Å². The Kier molecular flexibility index (Phi) is 6.29. The number of aliphatic hydroxyl groups excluding tert-OH is 1. The summed E-state index contributed by atoms with van der Waals surface area (Å²) in [6, 6.07) is 3.58. The Morgan fingerprint density at radius 3 is 2.79 bits per heavy atom. The van der Waals surface area contributed by atoms with Crippen molar-refractivity contribution in [1.82, 2.24) is 9.88 Å². The van der Waals surface area contributed by atoms with E-state index in [4.69, 9.17) is 0 Å². The van der Waals surface area contributed by atoms with Gasteiger partial charge in [-0.05, 0) is 31.9 Å². The average Bonchev–Trinajstić information content (AvgIpc) is 2.42. The maximum absolute atomic E-state index is 12.1. The van der Waals surface area contributed by atoms with E-state index in [1.807, 2.05) is 6.07 Å². The zero-order valence-corrected chi connectivity index (χ0v) is 11.9. The number of anilines is 1. The second-order valence-electron chi connectivity index (χ2n) is 4.72. The number of hydrogen-bond donors (Lipinski definition) is 2. The third-order valence-electron chi connectivity index (χ3n) is 2.80. The van der Waals surface area contributed by atoms with Crippen LogP contribution >= 0.6 is 0 Å². The van der Waals surface area contributed by atoms with E-state index in [-0.39, 0.29) is 5.91 Å². The Balaban J connectivity index is 2.56. The van der Waals surface area contributed by atoms with E-state index < -0.39 is 6.10 Å². The monoisotopic (exact) mass is 265 g/mol. The Morgan fingerprint density at radius 2 is 2.26 bits per heavy atom. The molecule has 0 aliphatic rings. The lowest BCUT2D eigenvalue weighted by atomic mass is 10.2. The molecular formula is C14H23N3O2. The molecule has 19 heavy (non-hydrogen) atoms. The summed E-state index contributed by atoms with van der Waals surface area (Å²) in [4.78, 5) is 17.9. The molecule has 2 N–H and O–H groups in total. The summed E-state index contributed by atoms with van der Waals surface area (Å²) in [5.41, 5.74) is 0.565. The topological polar surface area (TPSA) is 65.5 Å². The molecule has 0 aromatic carbocycles. The van der Waals surface area contributed by atoms with Crippen molar-refractivity contribution in [3.63, 3.8) is 0 Å². The third kappa shape index (κ3) is 5.26. The van der Waals surface area contributed by atoms with Gasteiger partial charge in [-0.2, -0.15) is 0 Å². The Morgan fingerprint density at radius 1 is 1.53 bits per heavy atom. The first-order chi connectivity index (χ1) is 9.04. The molecule has 0 aliphatic carbocycles. The molecule has 106 valence electrons. The molecule has 0 spiro atoms. The number of hydrogen-bond acceptors (Lipinski definition) is 4. The van der Waals surface area contributed by atoms with Gasteiger partial charge in [0.05, 0.1) is 11.7 Å². The van der Waals surface area contributed by atoms with Gasteiger partial charge in [0.15, 0.2) is 0 Å². The molecule has 0 saturated heterocycles. The number of amides is 1. The minimum absolute atomic E-state index is 0.0739. The number of nitrogens with one attached hydrogen (secondary N) is 1. The Labute approximate surface area is 114 Å². The fourth-order valence-corrected chi connectivity index (χ4v) is 1.58. The molecule has 1 aromatic rings. The van der Waals surface area contributed by atoms with Crippen molar-refractivity contribution in [2.24, 2.45) is 0 Å². The van der Waals surface area contributed by atoms with Crippen LogP contribution in [-0.4, -0.2) is 47.1 Å². The minimum atomic E-state index is -0.394. The fraction of sp³-hybridized carbons (Fsp3) is 0.571. The van der Waals surface area contributed by atoms with E-state index in [1.54, 1.807) is 31.1 Å². The van der Waals surface area contributed by atoms with E-state index in [1.165, 1.54) is 0 Å². The quantitative estimate of drug-likeness (QED) is 0.788. The molecule has 0 fully saturated rings. The number of nitrogens with zero attached hydrogens (tertiary/aromatic N) is 2. The van der Waals surface area contributed by atoms with E-state index >= 15 is 0 Å². The minimum Gasteiger partial charge on any atom is -0.393 e. The van der Waals surface area contributed by atoms with Crippen molar-refractivity contribution < 1.29 is 9.90 Å². The highest BCUT2D eigenvalue weighted by atomic mass is 16.3. The van der Waals surface area contributed by atoms with Crippen LogP contribution < -0.4 is 5.32 Å². The van der Waals surface area contributed by atoms with Gasteiger partial charge in [-0.25, -0.2) is 4.98 Å². The van der Waals surface area contributed by atoms with Crippen LogP contribution in [0.25, 0.3) is 0 Å². The largest absolute Gasteiger partial charge is 0.393 e. The van der Waals surface area contributed by atoms with Crippen molar-refractivity contribution in [3.05, 3.63) is 23.9 Å². The maximum atomic E-state index is 12.1. The number of carbonyl (C=O) groups is 1. The molecule has 1 unspecified atom stereocenters. The van der Waals surface area contributed by atoms with Gasteiger partial charge in [-0.3, -0.25) is 4.79 Å². The van der Waals surface area contributed by atoms with Gasteiger partial charge in [0.2, 0.25) is 0 Å². The van der Waals surface area contributed by atoms with Crippen molar-refractivity contribution >= 4 is 11.7 Å². The zero-order valence-electron chi connectivity index (χ0n) is 11.9. The van der Waals surface area contributed by atoms with Crippen LogP contribution in [0.15, 0.2) is 18.3 Å². The van der Waals surface area contributed by atoms with Gasteiger partial charge in [-0.15, -0.1) is 0 Å². The summed E-state index contributed by atoms with van der Waals surface area (Å²) < 4.78 is 0. The van der Waals surface area contributed by atoms with Crippen LogP contribution in [-0.2, 0) is 0 Å². The molecule has 0 bridgehead atoms. The van der Waals surface area contributed by atoms with Gasteiger partial charge in [0.1, 0.15) is 5.82 Å². The van der Waals surface area contributed by atoms with Crippen LogP contribution in [0.1, 0.15) is 37.0 Å². The maximum Gasteiger partial charge on any atom is 0.255 e. The fourth-order valence-electron chi connectivity index (χ4n) is 1.58. The standard InChI is InChI=1S/C14H23N3O2/c1-4-8-15-13-6-5-12(10-16-13)14(19)17(3)9-7-11(2)18/h5-6,10-11,18H,4,7-9H2,1-3H3,(H,15,16). The van der Waals surface area contributed by atoms with E-state index in [2.05, 4.69) is 17.2 Å². The van der Waals surface area contributed by atoms with Crippen molar-refractivity contribution in [1.29, 1.82) is 0 Å². The van der Waals surface area contributed by atoms with E-state index in [0.717, 1.165) is 18.8 Å². The van der Waals surface area contributed by atoms with Crippen LogP contribution in [0.4, 0.5) is 5.82 Å². The highest BCUT2D eigenvalue weighted by Crippen LogP contribution is 2.08. The second-order valence-corrected chi connectivity index (χ2v) is 4.72. The lowest BCUT2D eigenvalue weighted by Crippen LogP contribution is -2.29. The number of rotatable bonds is 7. The number of pyridine rings is 1. The van der Waals surface area contributed by atoms with Gasteiger partial charge >= 0.3 is 0 Å². The highest BCUT2D eigenvalue weighted by molar-refractivity contribution is 5.93. The first kappa shape index (κ1) is 15.4. The predicted molar refractivity (Wildman–Crippen MR) is 76.3 cm³/mol.